The number of methoxy groups -OCH3 is 1. The van der Waals surface area contributed by atoms with E-state index in [1.807, 2.05) is 30.6 Å². The maximum absolute atomic E-state index is 18.2. The average molecular weight is 1290 g/mol. The highest BCUT2D eigenvalue weighted by atomic mass is 35.5. The van der Waals surface area contributed by atoms with Crippen LogP contribution in [0.4, 0.5) is 29.9 Å². The van der Waals surface area contributed by atoms with Gasteiger partial charge in [0.05, 0.1) is 33.7 Å². The zero-order chi connectivity index (χ0) is 64.7. The van der Waals surface area contributed by atoms with E-state index in [4.69, 9.17) is 45.5 Å². The Balaban J connectivity index is 0.779. The van der Waals surface area contributed by atoms with Crippen molar-refractivity contribution < 1.29 is 46.9 Å². The van der Waals surface area contributed by atoms with Crippen LogP contribution in [-0.2, 0) is 14.3 Å². The Morgan fingerprint density at radius 1 is 0.835 bits per heavy atom. The van der Waals surface area contributed by atoms with Gasteiger partial charge in [-0.25, -0.2) is 18.4 Å². The zero-order valence-electron chi connectivity index (χ0n) is 54.6. The van der Waals surface area contributed by atoms with Gasteiger partial charge >= 0.3 is 18.1 Å². The second-order valence-electron chi connectivity index (χ2n) is 28.0. The van der Waals surface area contributed by atoms with Gasteiger partial charge in [0, 0.05) is 108 Å². The van der Waals surface area contributed by atoms with E-state index in [9.17, 15) is 19.2 Å². The summed E-state index contributed by atoms with van der Waals surface area (Å²) in [5.41, 5.74) is 5.46. The number of nitrogens with one attached hydrogen (secondary N) is 1. The standard InChI is InChI=1S/C69H89ClF2N10O8Si/c1-43(2)91(44(3)4,45(5)6)34-20-52-56(71)16-12-47-35-51(89-42-87-10)37-53(59(47)52)61-60(72)62-54(38-73-61)63(80-40-49-13-14-50(41-80)82(49)67(86)90-68(7,8)9)76-65(75-62)88-33-32-77-28-30-78(31-29-77)39-46-17-21-69(22-18-46)23-26-79(27-24-69)64(84)48-11-15-55(70)57(36-48)81-25-19-58(83)74-66(81)85/h11-12,15-16,35-38,43-46,49-50H,13-14,17-19,21-33,39-42H2,1-10H3,(H,74,83,85). The maximum Gasteiger partial charge on any atom is 0.410 e. The average Bonchev–Trinajstić information content (AvgIpc) is 0.967. The van der Waals surface area contributed by atoms with E-state index in [-0.39, 0.29) is 84.6 Å². The SMILES string of the molecule is COCOc1cc(-c2ncc3c(N4CC5CCC(C4)N5C(=O)OC(C)(C)C)nc(OCCN4CCN(CC5CCC6(CC5)CCN(C(=O)c5ccc(Cl)c(N7CCC(=O)NC7=O)c5)CC6)CC4)nc3c2F)c2c(C#C[Si](C(C)C)(C(C)C)C(C)C)c(F)ccc2c1. The highest BCUT2D eigenvalue weighted by Crippen LogP contribution is 2.48. The van der Waals surface area contributed by atoms with Crippen LogP contribution < -0.4 is 24.6 Å². The predicted molar refractivity (Wildman–Crippen MR) is 353 cm³/mol. The molecule has 2 unspecified atom stereocenters. The summed E-state index contributed by atoms with van der Waals surface area (Å²) < 4.78 is 58.4. The number of benzene rings is 3. The number of imide groups is 1. The third-order valence-corrected chi connectivity index (χ3v) is 27.0. The van der Waals surface area contributed by atoms with Gasteiger partial charge in [-0.2, -0.15) is 9.97 Å². The summed E-state index contributed by atoms with van der Waals surface area (Å²) >= 11 is 6.49. The quantitative estimate of drug-likeness (QED) is 0.0561. The molecule has 1 N–H and O–H groups in total. The Hall–Kier alpha value is -6.70. The number of carbonyl (C=O) groups excluding carboxylic acids is 4. The monoisotopic (exact) mass is 1290 g/mol. The van der Waals surface area contributed by atoms with Crippen molar-refractivity contribution in [2.75, 3.05) is 102 Å². The third kappa shape index (κ3) is 13.9. The van der Waals surface area contributed by atoms with E-state index >= 15 is 8.78 Å². The number of nitrogens with zero attached hydrogens (tertiary/aromatic N) is 9. The molecule has 2 aromatic heterocycles. The number of amides is 5. The van der Waals surface area contributed by atoms with E-state index in [2.05, 4.69) is 73.0 Å². The summed E-state index contributed by atoms with van der Waals surface area (Å²) in [5, 5.41) is 4.07. The number of anilines is 2. The number of likely N-dealkylation sites (tertiary alicyclic amines) is 1. The first-order chi connectivity index (χ1) is 43.4. The zero-order valence-corrected chi connectivity index (χ0v) is 56.3. The molecule has 2 atom stereocenters. The summed E-state index contributed by atoms with van der Waals surface area (Å²) in [4.78, 5) is 78.8. The largest absolute Gasteiger partial charge is 0.468 e. The van der Waals surface area contributed by atoms with E-state index in [0.29, 0.717) is 105 Å². The van der Waals surface area contributed by atoms with Crippen LogP contribution in [0.2, 0.25) is 21.6 Å². The fourth-order valence-corrected chi connectivity index (χ4v) is 21.0. The van der Waals surface area contributed by atoms with Gasteiger partial charge in [0.25, 0.3) is 5.91 Å². The van der Waals surface area contributed by atoms with Crippen LogP contribution in [0.1, 0.15) is 136 Å². The van der Waals surface area contributed by atoms with E-state index in [0.717, 1.165) is 84.1 Å². The number of hydrogen-bond donors (Lipinski definition) is 1. The summed E-state index contributed by atoms with van der Waals surface area (Å²) in [7, 11) is -0.836. The number of hydrogen-bond acceptors (Lipinski definition) is 14. The molecule has 488 valence electrons. The lowest BCUT2D eigenvalue weighted by Crippen LogP contribution is -2.57. The van der Waals surface area contributed by atoms with Crippen LogP contribution >= 0.6 is 11.6 Å². The van der Waals surface area contributed by atoms with Crippen LogP contribution in [0.3, 0.4) is 0 Å². The summed E-state index contributed by atoms with van der Waals surface area (Å²) in [6.07, 6.45) is 9.50. The Kier molecular flexibility index (Phi) is 19.6. The molecule has 22 heteroatoms. The van der Waals surface area contributed by atoms with Crippen LogP contribution in [0.5, 0.6) is 11.8 Å². The molecule has 5 aromatic rings. The molecule has 6 fully saturated rings. The second-order valence-corrected chi connectivity index (χ2v) is 34.0. The number of halogens is 3. The Morgan fingerprint density at radius 3 is 2.16 bits per heavy atom. The molecule has 2 bridgehead atoms. The van der Waals surface area contributed by atoms with Crippen LogP contribution in [0, 0.1) is 34.4 Å². The fourth-order valence-electron chi connectivity index (χ4n) is 15.6. The van der Waals surface area contributed by atoms with Crippen LogP contribution in [-0.4, -0.2) is 177 Å². The van der Waals surface area contributed by atoms with Crippen molar-refractivity contribution in [3.8, 4) is 34.5 Å². The minimum atomic E-state index is -2.36. The van der Waals surface area contributed by atoms with Gasteiger partial charge in [0.15, 0.2) is 12.6 Å². The molecule has 91 heavy (non-hydrogen) atoms. The number of pyridine rings is 1. The number of aromatic nitrogens is 3. The molecule has 11 rings (SSSR count). The van der Waals surface area contributed by atoms with Crippen molar-refractivity contribution >= 4 is 76.8 Å². The lowest BCUT2D eigenvalue weighted by molar-refractivity contribution is -0.120. The number of fused-ring (bicyclic) bond motifs is 4. The molecule has 0 radical (unpaired) electrons. The summed E-state index contributed by atoms with van der Waals surface area (Å²) in [5.74, 6) is 3.16. The first-order valence-corrected chi connectivity index (χ1v) is 35.4. The topological polar surface area (TPSA) is 175 Å². The van der Waals surface area contributed by atoms with Gasteiger partial charge in [-0.15, -0.1) is 5.54 Å². The summed E-state index contributed by atoms with van der Waals surface area (Å²) in [6, 6.07) is 10.7. The third-order valence-electron chi connectivity index (χ3n) is 20.4. The van der Waals surface area contributed by atoms with Crippen LogP contribution in [0.25, 0.3) is 32.9 Å². The lowest BCUT2D eigenvalue weighted by Gasteiger charge is -2.47. The minimum absolute atomic E-state index is 0.00256. The van der Waals surface area contributed by atoms with Gasteiger partial charge in [-0.1, -0.05) is 65.1 Å². The van der Waals surface area contributed by atoms with Gasteiger partial charge < -0.3 is 33.6 Å². The smallest absolute Gasteiger partial charge is 0.410 e. The maximum atomic E-state index is 18.2. The predicted octanol–water partition coefficient (Wildman–Crippen LogP) is 12.5. The number of carbonyl (C=O) groups is 4. The highest BCUT2D eigenvalue weighted by Gasteiger charge is 2.46. The lowest BCUT2D eigenvalue weighted by atomic mass is 9.65. The molecule has 18 nitrogen and oxygen atoms in total. The molecular formula is C69H89ClF2N10O8Si. The van der Waals surface area contributed by atoms with Gasteiger partial charge in [-0.05, 0) is 142 Å². The molecular weight excluding hydrogens is 1200 g/mol. The molecule has 1 spiro atoms. The molecule has 5 aliphatic heterocycles. The number of ether oxygens (including phenoxy) is 4. The molecule has 5 amide bonds. The number of piperidine rings is 1. The fraction of sp³-hybridized carbons (Fsp3) is 0.580. The molecule has 5 saturated heterocycles. The second kappa shape index (κ2) is 27.1. The van der Waals surface area contributed by atoms with Crippen molar-refractivity contribution in [3.63, 3.8) is 0 Å². The Labute approximate surface area is 540 Å². The van der Waals surface area contributed by atoms with E-state index in [1.165, 1.54) is 18.1 Å². The van der Waals surface area contributed by atoms with Gasteiger partial charge in [-0.3, -0.25) is 34.6 Å². The highest BCUT2D eigenvalue weighted by molar-refractivity contribution is 6.90. The van der Waals surface area contributed by atoms with Crippen LogP contribution in [0.15, 0.2) is 48.7 Å². The Morgan fingerprint density at radius 2 is 1.52 bits per heavy atom. The summed E-state index contributed by atoms with van der Waals surface area (Å²) in [6.45, 7) is 26.7. The van der Waals surface area contributed by atoms with Crippen molar-refractivity contribution in [1.82, 2.24) is 39.9 Å². The van der Waals surface area contributed by atoms with Crippen molar-refractivity contribution in [1.29, 1.82) is 0 Å². The number of piperazine rings is 2. The van der Waals surface area contributed by atoms with Crippen molar-refractivity contribution in [2.24, 2.45) is 11.3 Å². The van der Waals surface area contributed by atoms with E-state index in [1.54, 1.807) is 42.6 Å². The first-order valence-electron chi connectivity index (χ1n) is 32.8. The molecule has 6 aliphatic rings. The van der Waals surface area contributed by atoms with Crippen molar-refractivity contribution in [3.05, 3.63) is 76.4 Å². The minimum Gasteiger partial charge on any atom is -0.468 e. The number of urea groups is 1. The first kappa shape index (κ1) is 65.8. The molecule has 7 heterocycles. The van der Waals surface area contributed by atoms with E-state index < -0.39 is 31.3 Å². The van der Waals surface area contributed by atoms with Crippen molar-refractivity contribution in [2.45, 2.75) is 154 Å². The molecule has 3 aromatic carbocycles. The van der Waals surface area contributed by atoms with Gasteiger partial charge in [0.2, 0.25) is 5.91 Å². The Bertz CT molecular complexity index is 3590. The molecule has 1 aliphatic carbocycles. The van der Waals surface area contributed by atoms with Gasteiger partial charge in [0.1, 0.15) is 48.9 Å². The molecule has 1 saturated carbocycles. The normalized spacial score (nSPS) is 20.3. The number of rotatable bonds is 16.